The highest BCUT2D eigenvalue weighted by Gasteiger charge is 2.21. The van der Waals surface area contributed by atoms with Gasteiger partial charge in [0.25, 0.3) is 0 Å². The van der Waals surface area contributed by atoms with Crippen LogP contribution in [0, 0.1) is 18.6 Å². The number of pyridine rings is 2. The fraction of sp³-hybridized carbons (Fsp3) is 0.300. The molecule has 2 aromatic heterocycles. The SMILES string of the molecule is Cc1ccc2c(-c3ccc(F)cc3F)cc(C3CCOCC3)nc2n1. The van der Waals surface area contributed by atoms with Crippen LogP contribution in [0.15, 0.2) is 36.4 Å². The molecule has 25 heavy (non-hydrogen) atoms. The number of rotatable bonds is 2. The van der Waals surface area contributed by atoms with Crippen LogP contribution in [0.25, 0.3) is 22.2 Å². The minimum absolute atomic E-state index is 0.266. The largest absolute Gasteiger partial charge is 0.381 e. The number of fused-ring (bicyclic) bond motifs is 1. The molecule has 0 spiro atoms. The zero-order valence-corrected chi connectivity index (χ0v) is 13.9. The van der Waals surface area contributed by atoms with Crippen molar-refractivity contribution in [1.29, 1.82) is 0 Å². The highest BCUT2D eigenvalue weighted by atomic mass is 19.1. The van der Waals surface area contributed by atoms with E-state index in [-0.39, 0.29) is 5.92 Å². The summed E-state index contributed by atoms with van der Waals surface area (Å²) in [6, 6.07) is 9.37. The van der Waals surface area contributed by atoms with Crippen LogP contribution >= 0.6 is 0 Å². The molecule has 0 radical (unpaired) electrons. The van der Waals surface area contributed by atoms with Gasteiger partial charge in [-0.25, -0.2) is 18.7 Å². The molecular formula is C20H18F2N2O. The highest BCUT2D eigenvalue weighted by molar-refractivity contribution is 5.93. The van der Waals surface area contributed by atoms with Gasteiger partial charge in [-0.1, -0.05) is 0 Å². The maximum atomic E-state index is 14.4. The van der Waals surface area contributed by atoms with Gasteiger partial charge in [-0.05, 0) is 55.7 Å². The van der Waals surface area contributed by atoms with Crippen molar-refractivity contribution >= 4 is 11.0 Å². The smallest absolute Gasteiger partial charge is 0.160 e. The summed E-state index contributed by atoms with van der Waals surface area (Å²) in [6.07, 6.45) is 1.77. The first-order valence-electron chi connectivity index (χ1n) is 8.43. The molecule has 128 valence electrons. The molecule has 3 aromatic rings. The van der Waals surface area contributed by atoms with Crippen LogP contribution < -0.4 is 0 Å². The lowest BCUT2D eigenvalue weighted by Crippen LogP contribution is -2.15. The Morgan fingerprint density at radius 3 is 2.52 bits per heavy atom. The van der Waals surface area contributed by atoms with Gasteiger partial charge < -0.3 is 4.74 Å². The van der Waals surface area contributed by atoms with E-state index in [0.29, 0.717) is 30.0 Å². The van der Waals surface area contributed by atoms with Crippen molar-refractivity contribution in [3.8, 4) is 11.1 Å². The third-order valence-electron chi connectivity index (χ3n) is 4.69. The summed E-state index contributed by atoms with van der Waals surface area (Å²) in [5.74, 6) is -0.896. The summed E-state index contributed by atoms with van der Waals surface area (Å²) in [7, 11) is 0. The summed E-state index contributed by atoms with van der Waals surface area (Å²) in [4.78, 5) is 9.26. The molecule has 5 heteroatoms. The topological polar surface area (TPSA) is 35.0 Å². The number of nitrogens with zero attached hydrogens (tertiary/aromatic N) is 2. The number of halogens is 2. The molecule has 1 aromatic carbocycles. The van der Waals surface area contributed by atoms with Crippen LogP contribution in [0.3, 0.4) is 0 Å². The van der Waals surface area contributed by atoms with Crippen molar-refractivity contribution in [2.75, 3.05) is 13.2 Å². The van der Waals surface area contributed by atoms with Crippen LogP contribution in [-0.4, -0.2) is 23.2 Å². The Labute approximate surface area is 144 Å². The first-order valence-corrected chi connectivity index (χ1v) is 8.43. The molecule has 1 aliphatic rings. The maximum absolute atomic E-state index is 14.4. The van der Waals surface area contributed by atoms with Gasteiger partial charge in [0.1, 0.15) is 11.6 Å². The monoisotopic (exact) mass is 340 g/mol. The van der Waals surface area contributed by atoms with Gasteiger partial charge in [0, 0.05) is 47.5 Å². The third kappa shape index (κ3) is 3.12. The quantitative estimate of drug-likeness (QED) is 0.673. The number of hydrogen-bond donors (Lipinski definition) is 0. The molecule has 1 saturated heterocycles. The van der Waals surface area contributed by atoms with Gasteiger partial charge in [0.15, 0.2) is 5.65 Å². The molecule has 0 saturated carbocycles. The van der Waals surface area contributed by atoms with Gasteiger partial charge in [-0.2, -0.15) is 0 Å². The number of ether oxygens (including phenoxy) is 1. The third-order valence-corrected chi connectivity index (χ3v) is 4.69. The second kappa shape index (κ2) is 6.48. The van der Waals surface area contributed by atoms with Crippen LogP contribution in [0.4, 0.5) is 8.78 Å². The number of benzene rings is 1. The molecule has 0 bridgehead atoms. The van der Waals surface area contributed by atoms with Gasteiger partial charge in [0.05, 0.1) is 0 Å². The van der Waals surface area contributed by atoms with Gasteiger partial charge in [-0.15, -0.1) is 0 Å². The molecule has 0 amide bonds. The van der Waals surface area contributed by atoms with Crippen LogP contribution in [0.5, 0.6) is 0 Å². The summed E-state index contributed by atoms with van der Waals surface area (Å²) in [5.41, 5.74) is 3.43. The highest BCUT2D eigenvalue weighted by Crippen LogP contribution is 2.34. The molecule has 3 nitrogen and oxygen atoms in total. The Morgan fingerprint density at radius 2 is 1.76 bits per heavy atom. The minimum atomic E-state index is -0.585. The number of aryl methyl sites for hydroxylation is 1. The van der Waals surface area contributed by atoms with Gasteiger partial charge in [-0.3, -0.25) is 0 Å². The summed E-state index contributed by atoms with van der Waals surface area (Å²) < 4.78 is 33.2. The van der Waals surface area contributed by atoms with E-state index in [4.69, 9.17) is 9.72 Å². The van der Waals surface area contributed by atoms with E-state index < -0.39 is 11.6 Å². The zero-order valence-electron chi connectivity index (χ0n) is 13.9. The second-order valence-corrected chi connectivity index (χ2v) is 6.43. The molecule has 3 heterocycles. The second-order valence-electron chi connectivity index (χ2n) is 6.43. The Balaban J connectivity index is 1.94. The Kier molecular flexibility index (Phi) is 4.17. The van der Waals surface area contributed by atoms with E-state index >= 15 is 0 Å². The first-order chi connectivity index (χ1) is 12.1. The first kappa shape index (κ1) is 16.1. The lowest BCUT2D eigenvalue weighted by molar-refractivity contribution is 0.0846. The molecule has 4 rings (SSSR count). The van der Waals surface area contributed by atoms with Crippen molar-refractivity contribution in [2.45, 2.75) is 25.7 Å². The maximum Gasteiger partial charge on any atom is 0.160 e. The Bertz CT molecular complexity index is 936. The van der Waals surface area contributed by atoms with Crippen molar-refractivity contribution in [2.24, 2.45) is 0 Å². The summed E-state index contributed by atoms with van der Waals surface area (Å²) >= 11 is 0. The Morgan fingerprint density at radius 1 is 0.960 bits per heavy atom. The van der Waals surface area contributed by atoms with Gasteiger partial charge in [0.2, 0.25) is 0 Å². The molecular weight excluding hydrogens is 322 g/mol. The van der Waals surface area contributed by atoms with E-state index in [2.05, 4.69) is 4.98 Å². The van der Waals surface area contributed by atoms with E-state index in [1.165, 1.54) is 12.1 Å². The van der Waals surface area contributed by atoms with Crippen LogP contribution in [0.2, 0.25) is 0 Å². The van der Waals surface area contributed by atoms with E-state index in [9.17, 15) is 8.78 Å². The molecule has 0 N–H and O–H groups in total. The summed E-state index contributed by atoms with van der Waals surface area (Å²) in [6.45, 7) is 3.30. The Hall–Kier alpha value is -2.40. The van der Waals surface area contributed by atoms with Crippen molar-refractivity contribution in [1.82, 2.24) is 9.97 Å². The minimum Gasteiger partial charge on any atom is -0.381 e. The predicted molar refractivity (Wildman–Crippen MR) is 92.4 cm³/mol. The van der Waals surface area contributed by atoms with E-state index in [1.54, 1.807) is 0 Å². The molecule has 1 fully saturated rings. The van der Waals surface area contributed by atoms with Crippen LogP contribution in [-0.2, 0) is 4.74 Å². The van der Waals surface area contributed by atoms with Crippen LogP contribution in [0.1, 0.15) is 30.1 Å². The lowest BCUT2D eigenvalue weighted by atomic mass is 9.92. The lowest BCUT2D eigenvalue weighted by Gasteiger charge is -2.22. The van der Waals surface area contributed by atoms with Crippen molar-refractivity contribution < 1.29 is 13.5 Å². The normalized spacial score (nSPS) is 15.6. The molecule has 1 aliphatic heterocycles. The predicted octanol–water partition coefficient (Wildman–Crippen LogP) is 4.78. The van der Waals surface area contributed by atoms with Crippen molar-refractivity contribution in [3.63, 3.8) is 0 Å². The number of aromatic nitrogens is 2. The molecule has 0 aliphatic carbocycles. The van der Waals surface area contributed by atoms with E-state index in [1.807, 2.05) is 25.1 Å². The fourth-order valence-electron chi connectivity index (χ4n) is 3.35. The molecule has 0 unspecified atom stereocenters. The average Bonchev–Trinajstić information content (AvgIpc) is 2.61. The van der Waals surface area contributed by atoms with E-state index in [0.717, 1.165) is 35.7 Å². The molecule has 0 atom stereocenters. The van der Waals surface area contributed by atoms with Gasteiger partial charge >= 0.3 is 0 Å². The fourth-order valence-corrected chi connectivity index (χ4v) is 3.35. The summed E-state index contributed by atoms with van der Waals surface area (Å²) in [5, 5.41) is 0.770. The van der Waals surface area contributed by atoms with Crippen molar-refractivity contribution in [3.05, 3.63) is 59.4 Å². The average molecular weight is 340 g/mol. The number of hydrogen-bond acceptors (Lipinski definition) is 3. The zero-order chi connectivity index (χ0) is 17.4. The standard InChI is InChI=1S/C20H18F2N2O/c1-12-2-4-16-17(15-5-3-14(21)10-18(15)22)11-19(24-20(16)23-12)13-6-8-25-9-7-13/h2-5,10-11,13H,6-9H2,1H3.